The molecule has 0 aliphatic carbocycles. The highest BCUT2D eigenvalue weighted by atomic mass is 16.5. The summed E-state index contributed by atoms with van der Waals surface area (Å²) in [5.41, 5.74) is 0.446. The van der Waals surface area contributed by atoms with Gasteiger partial charge in [-0.3, -0.25) is 0 Å². The topological polar surface area (TPSA) is 21.3 Å². The van der Waals surface area contributed by atoms with Gasteiger partial charge in [-0.25, -0.2) is 0 Å². The van der Waals surface area contributed by atoms with E-state index in [0.717, 1.165) is 19.8 Å². The van der Waals surface area contributed by atoms with Gasteiger partial charge >= 0.3 is 0 Å². The molecule has 2 nitrogen and oxygen atoms in total. The van der Waals surface area contributed by atoms with Crippen LogP contribution in [-0.4, -0.2) is 26.8 Å². The van der Waals surface area contributed by atoms with Gasteiger partial charge in [-0.05, 0) is 38.3 Å². The highest BCUT2D eigenvalue weighted by Crippen LogP contribution is 2.30. The zero-order chi connectivity index (χ0) is 8.16. The van der Waals surface area contributed by atoms with Crippen LogP contribution in [0.3, 0.4) is 0 Å². The number of hydrogen-bond donors (Lipinski definition) is 1. The zero-order valence-electron chi connectivity index (χ0n) is 7.65. The fraction of sp³-hybridized carbons (Fsp3) is 1.00. The van der Waals surface area contributed by atoms with Crippen LogP contribution in [0.1, 0.15) is 26.2 Å². The highest BCUT2D eigenvalue weighted by Gasteiger charge is 2.26. The molecule has 0 saturated carbocycles. The van der Waals surface area contributed by atoms with E-state index >= 15 is 0 Å². The van der Waals surface area contributed by atoms with Crippen molar-refractivity contribution >= 4 is 0 Å². The van der Waals surface area contributed by atoms with Crippen molar-refractivity contribution < 1.29 is 4.74 Å². The van der Waals surface area contributed by atoms with Crippen molar-refractivity contribution in [3.05, 3.63) is 0 Å². The standard InChI is InChI=1S/C9H19NO/c1-9(5-6-10-2)4-3-7-11-8-9/h10H,3-8H2,1-2H3/t9-/m1/s1. The van der Waals surface area contributed by atoms with Crippen molar-refractivity contribution in [1.29, 1.82) is 0 Å². The normalized spacial score (nSPS) is 32.2. The molecule has 0 aromatic heterocycles. The summed E-state index contributed by atoms with van der Waals surface area (Å²) in [5.74, 6) is 0. The van der Waals surface area contributed by atoms with E-state index in [1.54, 1.807) is 0 Å². The molecule has 1 fully saturated rings. The Hall–Kier alpha value is -0.0800. The first-order valence-corrected chi connectivity index (χ1v) is 4.49. The summed E-state index contributed by atoms with van der Waals surface area (Å²) in [7, 11) is 2.01. The minimum Gasteiger partial charge on any atom is -0.381 e. The van der Waals surface area contributed by atoms with Crippen molar-refractivity contribution in [2.24, 2.45) is 5.41 Å². The number of nitrogens with one attached hydrogen (secondary N) is 1. The van der Waals surface area contributed by atoms with Crippen LogP contribution >= 0.6 is 0 Å². The van der Waals surface area contributed by atoms with Crippen LogP contribution in [0, 0.1) is 5.41 Å². The molecule has 0 aromatic carbocycles. The van der Waals surface area contributed by atoms with Crippen LogP contribution in [0.25, 0.3) is 0 Å². The second-order valence-corrected chi connectivity index (χ2v) is 3.82. The Morgan fingerprint density at radius 2 is 2.36 bits per heavy atom. The maximum atomic E-state index is 5.45. The van der Waals surface area contributed by atoms with Crippen LogP contribution in [0.4, 0.5) is 0 Å². The molecule has 1 rings (SSSR count). The maximum absolute atomic E-state index is 5.45. The SMILES string of the molecule is CNCC[C@@]1(C)CCCOC1. The Kier molecular flexibility index (Phi) is 3.34. The van der Waals surface area contributed by atoms with Gasteiger partial charge in [0, 0.05) is 6.61 Å². The highest BCUT2D eigenvalue weighted by molar-refractivity contribution is 4.77. The molecular formula is C9H19NO. The van der Waals surface area contributed by atoms with Gasteiger partial charge in [-0.1, -0.05) is 6.92 Å². The first kappa shape index (κ1) is 9.01. The van der Waals surface area contributed by atoms with Crippen LogP contribution in [0.5, 0.6) is 0 Å². The predicted octanol–water partition coefficient (Wildman–Crippen LogP) is 1.41. The molecule has 0 aromatic rings. The lowest BCUT2D eigenvalue weighted by molar-refractivity contribution is -0.00144. The molecule has 1 atom stereocenters. The Bertz CT molecular complexity index is 108. The third kappa shape index (κ3) is 2.80. The number of hydrogen-bond acceptors (Lipinski definition) is 2. The fourth-order valence-electron chi connectivity index (χ4n) is 1.62. The van der Waals surface area contributed by atoms with E-state index in [2.05, 4.69) is 12.2 Å². The molecule has 0 amide bonds. The second-order valence-electron chi connectivity index (χ2n) is 3.82. The monoisotopic (exact) mass is 157 g/mol. The van der Waals surface area contributed by atoms with Crippen LogP contribution in [0.2, 0.25) is 0 Å². The summed E-state index contributed by atoms with van der Waals surface area (Å²) in [5, 5.41) is 3.18. The average molecular weight is 157 g/mol. The van der Waals surface area contributed by atoms with Gasteiger partial charge in [0.05, 0.1) is 6.61 Å². The van der Waals surface area contributed by atoms with Crippen LogP contribution in [-0.2, 0) is 4.74 Å². The molecule has 1 saturated heterocycles. The van der Waals surface area contributed by atoms with Gasteiger partial charge in [-0.2, -0.15) is 0 Å². The minimum absolute atomic E-state index is 0.446. The Morgan fingerprint density at radius 1 is 1.55 bits per heavy atom. The molecule has 1 N–H and O–H groups in total. The van der Waals surface area contributed by atoms with Gasteiger partial charge in [0.25, 0.3) is 0 Å². The van der Waals surface area contributed by atoms with Gasteiger partial charge in [-0.15, -0.1) is 0 Å². The van der Waals surface area contributed by atoms with Crippen molar-refractivity contribution in [1.82, 2.24) is 5.32 Å². The summed E-state index contributed by atoms with van der Waals surface area (Å²) in [4.78, 5) is 0. The molecule has 66 valence electrons. The van der Waals surface area contributed by atoms with E-state index in [0.29, 0.717) is 5.41 Å². The van der Waals surface area contributed by atoms with Gasteiger partial charge in [0.15, 0.2) is 0 Å². The Labute approximate surface area is 69.3 Å². The molecule has 0 unspecified atom stereocenters. The maximum Gasteiger partial charge on any atom is 0.0520 e. The van der Waals surface area contributed by atoms with Crippen LogP contribution in [0.15, 0.2) is 0 Å². The third-order valence-electron chi connectivity index (χ3n) is 2.50. The van der Waals surface area contributed by atoms with Crippen molar-refractivity contribution in [3.63, 3.8) is 0 Å². The summed E-state index contributed by atoms with van der Waals surface area (Å²) in [6, 6.07) is 0. The fourth-order valence-corrected chi connectivity index (χ4v) is 1.62. The van der Waals surface area contributed by atoms with Crippen molar-refractivity contribution in [2.75, 3.05) is 26.8 Å². The van der Waals surface area contributed by atoms with E-state index in [1.807, 2.05) is 7.05 Å². The van der Waals surface area contributed by atoms with E-state index in [4.69, 9.17) is 4.74 Å². The van der Waals surface area contributed by atoms with Gasteiger partial charge < -0.3 is 10.1 Å². The van der Waals surface area contributed by atoms with Crippen LogP contribution < -0.4 is 5.32 Å². The average Bonchev–Trinajstić information content (AvgIpc) is 2.03. The lowest BCUT2D eigenvalue weighted by atomic mass is 9.82. The lowest BCUT2D eigenvalue weighted by Crippen LogP contribution is -2.31. The molecule has 2 heteroatoms. The summed E-state index contributed by atoms with van der Waals surface area (Å²) >= 11 is 0. The van der Waals surface area contributed by atoms with E-state index in [-0.39, 0.29) is 0 Å². The van der Waals surface area contributed by atoms with Gasteiger partial charge in [0.1, 0.15) is 0 Å². The molecule has 11 heavy (non-hydrogen) atoms. The number of rotatable bonds is 3. The third-order valence-corrected chi connectivity index (χ3v) is 2.50. The Morgan fingerprint density at radius 3 is 2.91 bits per heavy atom. The smallest absolute Gasteiger partial charge is 0.0520 e. The lowest BCUT2D eigenvalue weighted by Gasteiger charge is -2.33. The second kappa shape index (κ2) is 4.07. The van der Waals surface area contributed by atoms with Gasteiger partial charge in [0.2, 0.25) is 0 Å². The summed E-state index contributed by atoms with van der Waals surface area (Å²) in [6.45, 7) is 5.35. The van der Waals surface area contributed by atoms with E-state index < -0.39 is 0 Å². The van der Waals surface area contributed by atoms with Crippen molar-refractivity contribution in [3.8, 4) is 0 Å². The predicted molar refractivity (Wildman–Crippen MR) is 46.7 cm³/mol. The molecule has 1 aliphatic rings. The van der Waals surface area contributed by atoms with E-state index in [9.17, 15) is 0 Å². The largest absolute Gasteiger partial charge is 0.381 e. The molecule has 1 heterocycles. The Balaban J connectivity index is 2.25. The van der Waals surface area contributed by atoms with E-state index in [1.165, 1.54) is 19.3 Å². The quantitative estimate of drug-likeness (QED) is 0.669. The summed E-state index contributed by atoms with van der Waals surface area (Å²) in [6.07, 6.45) is 3.80. The molecule has 0 bridgehead atoms. The first-order chi connectivity index (χ1) is 5.27. The minimum atomic E-state index is 0.446. The molecule has 1 aliphatic heterocycles. The zero-order valence-corrected chi connectivity index (χ0v) is 7.65. The number of ether oxygens (including phenoxy) is 1. The van der Waals surface area contributed by atoms with Crippen molar-refractivity contribution in [2.45, 2.75) is 26.2 Å². The first-order valence-electron chi connectivity index (χ1n) is 4.49. The molecule has 0 radical (unpaired) electrons. The summed E-state index contributed by atoms with van der Waals surface area (Å²) < 4.78 is 5.45. The molecule has 0 spiro atoms. The molecular weight excluding hydrogens is 138 g/mol.